The lowest BCUT2D eigenvalue weighted by Crippen LogP contribution is -2.50. The lowest BCUT2D eigenvalue weighted by molar-refractivity contribution is 0.342. The van der Waals surface area contributed by atoms with Gasteiger partial charge in [-0.3, -0.25) is 0 Å². The standard InChI is InChI=1S/C13H16FN3/c1-10-8-13(9-15,5-6-16-10)17-12-4-2-3-11(14)7-12/h2-4,7,10,16-17H,5-6,8H2,1H3/t10-,13+/m1/s1. The molecular formula is C13H16FN3. The number of hydrogen-bond acceptors (Lipinski definition) is 3. The fourth-order valence-electron chi connectivity index (χ4n) is 2.31. The van der Waals surface area contributed by atoms with Gasteiger partial charge in [-0.1, -0.05) is 6.07 Å². The first-order valence-electron chi connectivity index (χ1n) is 5.82. The molecule has 0 saturated carbocycles. The maximum Gasteiger partial charge on any atom is 0.128 e. The molecule has 90 valence electrons. The summed E-state index contributed by atoms with van der Waals surface area (Å²) in [6.07, 6.45) is 1.45. The van der Waals surface area contributed by atoms with Crippen molar-refractivity contribution >= 4 is 5.69 Å². The molecule has 2 atom stereocenters. The van der Waals surface area contributed by atoms with Gasteiger partial charge in [-0.15, -0.1) is 0 Å². The third-order valence-corrected chi connectivity index (χ3v) is 3.12. The van der Waals surface area contributed by atoms with E-state index in [0.29, 0.717) is 11.7 Å². The van der Waals surface area contributed by atoms with Gasteiger partial charge in [0, 0.05) is 11.7 Å². The number of hydrogen-bond donors (Lipinski definition) is 2. The van der Waals surface area contributed by atoms with Crippen molar-refractivity contribution in [2.75, 3.05) is 11.9 Å². The first-order chi connectivity index (χ1) is 8.13. The van der Waals surface area contributed by atoms with Crippen molar-refractivity contribution in [2.45, 2.75) is 31.3 Å². The molecule has 0 aliphatic carbocycles. The Balaban J connectivity index is 2.17. The van der Waals surface area contributed by atoms with Crippen LogP contribution in [-0.2, 0) is 0 Å². The van der Waals surface area contributed by atoms with Crippen LogP contribution in [0.3, 0.4) is 0 Å². The van der Waals surface area contributed by atoms with E-state index in [1.165, 1.54) is 12.1 Å². The van der Waals surface area contributed by atoms with Gasteiger partial charge in [0.1, 0.15) is 11.4 Å². The molecule has 4 heteroatoms. The predicted octanol–water partition coefficient (Wildman–Crippen LogP) is 2.27. The van der Waals surface area contributed by atoms with E-state index in [2.05, 4.69) is 23.6 Å². The largest absolute Gasteiger partial charge is 0.367 e. The molecule has 0 spiro atoms. The van der Waals surface area contributed by atoms with Crippen LogP contribution in [0.5, 0.6) is 0 Å². The van der Waals surface area contributed by atoms with Crippen LogP contribution in [0.2, 0.25) is 0 Å². The summed E-state index contributed by atoms with van der Waals surface area (Å²) in [5.74, 6) is -0.287. The van der Waals surface area contributed by atoms with E-state index in [-0.39, 0.29) is 5.82 Å². The first-order valence-corrected chi connectivity index (χ1v) is 5.82. The maximum absolute atomic E-state index is 13.1. The Morgan fingerprint density at radius 2 is 2.41 bits per heavy atom. The number of nitrogens with zero attached hydrogens (tertiary/aromatic N) is 1. The highest BCUT2D eigenvalue weighted by atomic mass is 19.1. The number of nitriles is 1. The Bertz CT molecular complexity index is 441. The molecule has 1 aromatic rings. The second-order valence-electron chi connectivity index (χ2n) is 4.64. The summed E-state index contributed by atoms with van der Waals surface area (Å²) < 4.78 is 13.1. The minimum Gasteiger partial charge on any atom is -0.367 e. The summed E-state index contributed by atoms with van der Waals surface area (Å²) in [6.45, 7) is 2.86. The Kier molecular flexibility index (Phi) is 3.30. The maximum atomic E-state index is 13.1. The van der Waals surface area contributed by atoms with Gasteiger partial charge in [-0.05, 0) is 44.5 Å². The highest BCUT2D eigenvalue weighted by molar-refractivity contribution is 5.48. The van der Waals surface area contributed by atoms with Crippen molar-refractivity contribution in [3.05, 3.63) is 30.1 Å². The molecule has 0 amide bonds. The minimum atomic E-state index is -0.585. The predicted molar refractivity (Wildman–Crippen MR) is 65.1 cm³/mol. The highest BCUT2D eigenvalue weighted by Crippen LogP contribution is 2.26. The number of piperidine rings is 1. The molecule has 2 rings (SSSR count). The number of rotatable bonds is 2. The first kappa shape index (κ1) is 11.9. The van der Waals surface area contributed by atoms with E-state index in [9.17, 15) is 9.65 Å². The molecule has 3 nitrogen and oxygen atoms in total. The molecule has 1 heterocycles. The van der Waals surface area contributed by atoms with Crippen molar-refractivity contribution < 1.29 is 4.39 Å². The number of nitrogens with one attached hydrogen (secondary N) is 2. The molecule has 2 N–H and O–H groups in total. The van der Waals surface area contributed by atoms with E-state index < -0.39 is 5.54 Å². The average Bonchev–Trinajstić information content (AvgIpc) is 2.29. The molecule has 0 radical (unpaired) electrons. The summed E-state index contributed by atoms with van der Waals surface area (Å²) in [4.78, 5) is 0. The van der Waals surface area contributed by atoms with Crippen LogP contribution in [0.25, 0.3) is 0 Å². The van der Waals surface area contributed by atoms with E-state index in [1.807, 2.05) is 0 Å². The van der Waals surface area contributed by atoms with Gasteiger partial charge in [-0.25, -0.2) is 4.39 Å². The smallest absolute Gasteiger partial charge is 0.128 e. The van der Waals surface area contributed by atoms with Crippen LogP contribution in [0.4, 0.5) is 10.1 Å². The number of anilines is 1. The molecule has 1 aromatic carbocycles. The average molecular weight is 233 g/mol. The van der Waals surface area contributed by atoms with Crippen LogP contribution in [0, 0.1) is 17.1 Å². The van der Waals surface area contributed by atoms with Gasteiger partial charge in [-0.2, -0.15) is 5.26 Å². The molecular weight excluding hydrogens is 217 g/mol. The molecule has 0 aromatic heterocycles. The normalized spacial score (nSPS) is 28.4. The van der Waals surface area contributed by atoms with Gasteiger partial charge >= 0.3 is 0 Å². The van der Waals surface area contributed by atoms with Gasteiger partial charge in [0.25, 0.3) is 0 Å². The fourth-order valence-corrected chi connectivity index (χ4v) is 2.31. The van der Waals surface area contributed by atoms with Crippen LogP contribution >= 0.6 is 0 Å². The third kappa shape index (κ3) is 2.75. The monoisotopic (exact) mass is 233 g/mol. The molecule has 0 bridgehead atoms. The second kappa shape index (κ2) is 4.72. The molecule has 17 heavy (non-hydrogen) atoms. The fraction of sp³-hybridized carbons (Fsp3) is 0.462. The zero-order valence-electron chi connectivity index (χ0n) is 9.83. The van der Waals surface area contributed by atoms with Gasteiger partial charge in [0.05, 0.1) is 6.07 Å². The van der Waals surface area contributed by atoms with Gasteiger partial charge in [0.15, 0.2) is 0 Å². The number of halogens is 1. The third-order valence-electron chi connectivity index (χ3n) is 3.12. The van der Waals surface area contributed by atoms with Crippen molar-refractivity contribution in [1.82, 2.24) is 5.32 Å². The topological polar surface area (TPSA) is 47.9 Å². The molecule has 1 aliphatic heterocycles. The van der Waals surface area contributed by atoms with Crippen LogP contribution in [0.15, 0.2) is 24.3 Å². The summed E-state index contributed by atoms with van der Waals surface area (Å²) >= 11 is 0. The van der Waals surface area contributed by atoms with Crippen molar-refractivity contribution in [1.29, 1.82) is 5.26 Å². The Morgan fingerprint density at radius 3 is 3.06 bits per heavy atom. The van der Waals surface area contributed by atoms with Crippen LogP contribution < -0.4 is 10.6 Å². The highest BCUT2D eigenvalue weighted by Gasteiger charge is 2.34. The SMILES string of the molecule is C[C@@H]1C[C@@](C#N)(Nc2cccc(F)c2)CCN1. The molecule has 0 unspecified atom stereocenters. The zero-order valence-corrected chi connectivity index (χ0v) is 9.83. The van der Waals surface area contributed by atoms with Crippen LogP contribution in [0.1, 0.15) is 19.8 Å². The zero-order chi connectivity index (χ0) is 12.3. The molecule has 1 saturated heterocycles. The van der Waals surface area contributed by atoms with Crippen molar-refractivity contribution in [2.24, 2.45) is 0 Å². The van der Waals surface area contributed by atoms with E-state index in [4.69, 9.17) is 0 Å². The Labute approximate surface area is 101 Å². The van der Waals surface area contributed by atoms with Crippen molar-refractivity contribution in [3.63, 3.8) is 0 Å². The van der Waals surface area contributed by atoms with Gasteiger partial charge in [0.2, 0.25) is 0 Å². The van der Waals surface area contributed by atoms with Crippen molar-refractivity contribution in [3.8, 4) is 6.07 Å². The van der Waals surface area contributed by atoms with Gasteiger partial charge < -0.3 is 10.6 Å². The second-order valence-corrected chi connectivity index (χ2v) is 4.64. The van der Waals surface area contributed by atoms with E-state index in [1.54, 1.807) is 12.1 Å². The summed E-state index contributed by atoms with van der Waals surface area (Å²) in [6, 6.07) is 8.89. The lowest BCUT2D eigenvalue weighted by atomic mass is 9.86. The summed E-state index contributed by atoms with van der Waals surface area (Å²) in [5.41, 5.74) is 0.0824. The van der Waals surface area contributed by atoms with E-state index >= 15 is 0 Å². The molecule has 1 aliphatic rings. The lowest BCUT2D eigenvalue weighted by Gasteiger charge is -2.36. The Morgan fingerprint density at radius 1 is 1.59 bits per heavy atom. The van der Waals surface area contributed by atoms with Crippen LogP contribution in [-0.4, -0.2) is 18.1 Å². The van der Waals surface area contributed by atoms with E-state index in [0.717, 1.165) is 19.4 Å². The summed E-state index contributed by atoms with van der Waals surface area (Å²) in [5, 5.41) is 15.8. The number of benzene rings is 1. The molecule has 1 fully saturated rings. The Hall–Kier alpha value is -1.60. The summed E-state index contributed by atoms with van der Waals surface area (Å²) in [7, 11) is 0. The quantitative estimate of drug-likeness (QED) is 0.823. The minimum absolute atomic E-state index is 0.287.